The molecule has 0 fully saturated rings. The number of nitrogens with one attached hydrogen (secondary N) is 1. The molecule has 0 bridgehead atoms. The molecule has 1 rings (SSSR count). The Morgan fingerprint density at radius 3 is 2.53 bits per heavy atom. The van der Waals surface area contributed by atoms with Crippen LogP contribution in [0.5, 0.6) is 0 Å². The molecule has 0 saturated carbocycles. The molecule has 3 N–H and O–H groups in total. The van der Waals surface area contributed by atoms with Crippen molar-refractivity contribution < 1.29 is 8.42 Å². The normalized spacial score (nSPS) is 12.8. The first-order valence-corrected chi connectivity index (χ1v) is 7.01. The smallest absolute Gasteiger partial charge is 0.234 e. The van der Waals surface area contributed by atoms with Crippen LogP contribution in [-0.2, 0) is 23.6 Å². The molecule has 1 heterocycles. The molecule has 1 aromatic rings. The van der Waals surface area contributed by atoms with Gasteiger partial charge >= 0.3 is 0 Å². The summed E-state index contributed by atoms with van der Waals surface area (Å²) in [6.45, 7) is 5.87. The molecule has 0 aliphatic heterocycles. The summed E-state index contributed by atoms with van der Waals surface area (Å²) < 4.78 is 27.9. The maximum atomic E-state index is 11.9. The predicted molar refractivity (Wildman–Crippen MR) is 68.0 cm³/mol. The van der Waals surface area contributed by atoms with Gasteiger partial charge in [-0.2, -0.15) is 5.10 Å². The molecule has 0 aliphatic rings. The molecule has 0 atom stereocenters. The van der Waals surface area contributed by atoms with E-state index in [0.29, 0.717) is 11.4 Å². The van der Waals surface area contributed by atoms with E-state index in [-0.39, 0.29) is 17.7 Å². The molecule has 17 heavy (non-hydrogen) atoms. The summed E-state index contributed by atoms with van der Waals surface area (Å²) in [5, 5.41) is 3.98. The summed E-state index contributed by atoms with van der Waals surface area (Å²) in [7, 11) is -1.71. The summed E-state index contributed by atoms with van der Waals surface area (Å²) >= 11 is 0. The number of sulfonamides is 1. The van der Waals surface area contributed by atoms with Gasteiger partial charge in [-0.3, -0.25) is 9.40 Å². The molecule has 0 unspecified atom stereocenters. The highest BCUT2D eigenvalue weighted by atomic mass is 32.2. The van der Waals surface area contributed by atoms with Crippen LogP contribution in [0, 0.1) is 5.41 Å². The Hall–Kier alpha value is -1.08. The number of hydrogen-bond acceptors (Lipinski definition) is 4. The topological polar surface area (TPSA) is 90.0 Å². The molecule has 98 valence electrons. The highest BCUT2D eigenvalue weighted by Gasteiger charge is 2.23. The largest absolute Gasteiger partial charge is 0.326 e. The van der Waals surface area contributed by atoms with E-state index >= 15 is 0 Å². The number of aryl methyl sites for hydroxylation is 1. The van der Waals surface area contributed by atoms with Crippen molar-refractivity contribution in [1.29, 1.82) is 0 Å². The standard InChI is InChI=1S/C10H20N4O2S/c1-10(2,3)7-17(15,16)13-9-8(5-11)6-12-14(9)4/h6,13H,5,7,11H2,1-4H3. The molecule has 6 nitrogen and oxygen atoms in total. The van der Waals surface area contributed by atoms with E-state index in [9.17, 15) is 8.42 Å². The zero-order chi connectivity index (χ0) is 13.3. The molecule has 0 radical (unpaired) electrons. The van der Waals surface area contributed by atoms with Crippen LogP contribution >= 0.6 is 0 Å². The molecule has 7 heteroatoms. The van der Waals surface area contributed by atoms with Crippen molar-refractivity contribution in [3.8, 4) is 0 Å². The first-order chi connectivity index (χ1) is 7.64. The van der Waals surface area contributed by atoms with E-state index in [4.69, 9.17) is 5.73 Å². The van der Waals surface area contributed by atoms with Crippen LogP contribution in [0.25, 0.3) is 0 Å². The second-order valence-corrected chi connectivity index (χ2v) is 6.99. The van der Waals surface area contributed by atoms with Gasteiger partial charge in [-0.25, -0.2) is 8.42 Å². The third kappa shape index (κ3) is 4.01. The van der Waals surface area contributed by atoms with Crippen molar-refractivity contribution >= 4 is 15.8 Å². The Labute approximate surface area is 102 Å². The van der Waals surface area contributed by atoms with Crippen molar-refractivity contribution in [2.24, 2.45) is 18.2 Å². The minimum atomic E-state index is -3.38. The van der Waals surface area contributed by atoms with E-state index in [1.54, 1.807) is 13.2 Å². The fourth-order valence-electron chi connectivity index (χ4n) is 1.52. The van der Waals surface area contributed by atoms with Gasteiger partial charge in [0.05, 0.1) is 11.9 Å². The van der Waals surface area contributed by atoms with Gasteiger partial charge in [0.2, 0.25) is 10.0 Å². The van der Waals surface area contributed by atoms with Gasteiger partial charge in [0.1, 0.15) is 5.82 Å². The SMILES string of the molecule is Cn1ncc(CN)c1NS(=O)(=O)CC(C)(C)C. The Kier molecular flexibility index (Phi) is 3.83. The van der Waals surface area contributed by atoms with Crippen LogP contribution in [0.1, 0.15) is 26.3 Å². The second-order valence-electron chi connectivity index (χ2n) is 5.27. The van der Waals surface area contributed by atoms with Crippen LogP contribution < -0.4 is 10.5 Å². The summed E-state index contributed by atoms with van der Waals surface area (Å²) in [4.78, 5) is 0. The maximum absolute atomic E-state index is 11.9. The van der Waals surface area contributed by atoms with Crippen molar-refractivity contribution in [2.75, 3.05) is 10.5 Å². The molecule has 0 spiro atoms. The Balaban J connectivity index is 2.94. The highest BCUT2D eigenvalue weighted by molar-refractivity contribution is 7.92. The lowest BCUT2D eigenvalue weighted by Crippen LogP contribution is -2.27. The monoisotopic (exact) mass is 260 g/mol. The van der Waals surface area contributed by atoms with Crippen molar-refractivity contribution in [3.05, 3.63) is 11.8 Å². The lowest BCUT2D eigenvalue weighted by molar-refractivity contribution is 0.463. The van der Waals surface area contributed by atoms with Gasteiger partial charge in [0.25, 0.3) is 0 Å². The van der Waals surface area contributed by atoms with Gasteiger partial charge in [-0.15, -0.1) is 0 Å². The second kappa shape index (κ2) is 4.66. The molecule has 0 amide bonds. The molecule has 0 saturated heterocycles. The minimum absolute atomic E-state index is 0.0508. The number of nitrogens with two attached hydrogens (primary N) is 1. The Bertz CT molecular complexity index is 485. The Morgan fingerprint density at radius 2 is 2.06 bits per heavy atom. The summed E-state index contributed by atoms with van der Waals surface area (Å²) in [6.07, 6.45) is 1.56. The van der Waals surface area contributed by atoms with E-state index in [1.165, 1.54) is 4.68 Å². The molecule has 0 aliphatic carbocycles. The van der Waals surface area contributed by atoms with Crippen molar-refractivity contribution in [1.82, 2.24) is 9.78 Å². The zero-order valence-electron chi connectivity index (χ0n) is 10.7. The van der Waals surface area contributed by atoms with E-state index in [2.05, 4.69) is 9.82 Å². The van der Waals surface area contributed by atoms with Crippen molar-refractivity contribution in [2.45, 2.75) is 27.3 Å². The fraction of sp³-hybridized carbons (Fsp3) is 0.700. The van der Waals surface area contributed by atoms with Gasteiger partial charge < -0.3 is 5.73 Å². The maximum Gasteiger partial charge on any atom is 0.234 e. The predicted octanol–water partition coefficient (Wildman–Crippen LogP) is 0.667. The lowest BCUT2D eigenvalue weighted by Gasteiger charge is -2.19. The van der Waals surface area contributed by atoms with Crippen LogP contribution in [0.15, 0.2) is 6.20 Å². The summed E-state index contributed by atoms with van der Waals surface area (Å²) in [6, 6.07) is 0. The third-order valence-corrected chi connectivity index (χ3v) is 3.86. The van der Waals surface area contributed by atoms with Crippen LogP contribution in [0.4, 0.5) is 5.82 Å². The van der Waals surface area contributed by atoms with E-state index in [0.717, 1.165) is 0 Å². The van der Waals surface area contributed by atoms with Gasteiger partial charge in [-0.1, -0.05) is 20.8 Å². The number of rotatable bonds is 4. The van der Waals surface area contributed by atoms with Crippen LogP contribution in [0.3, 0.4) is 0 Å². The van der Waals surface area contributed by atoms with Gasteiger partial charge in [0, 0.05) is 19.2 Å². The molecule has 1 aromatic heterocycles. The summed E-state index contributed by atoms with van der Waals surface area (Å²) in [5.74, 6) is 0.492. The van der Waals surface area contributed by atoms with Gasteiger partial charge in [0.15, 0.2) is 0 Å². The molecule has 0 aromatic carbocycles. The zero-order valence-corrected chi connectivity index (χ0v) is 11.5. The lowest BCUT2D eigenvalue weighted by atomic mass is 10.0. The van der Waals surface area contributed by atoms with Crippen LogP contribution in [-0.4, -0.2) is 24.0 Å². The Morgan fingerprint density at radius 1 is 1.47 bits per heavy atom. The van der Waals surface area contributed by atoms with Crippen LogP contribution in [0.2, 0.25) is 0 Å². The number of nitrogens with zero attached hydrogens (tertiary/aromatic N) is 2. The average Bonchev–Trinajstić information content (AvgIpc) is 2.43. The van der Waals surface area contributed by atoms with Gasteiger partial charge in [-0.05, 0) is 5.41 Å². The average molecular weight is 260 g/mol. The number of anilines is 1. The van der Waals surface area contributed by atoms with Crippen molar-refractivity contribution in [3.63, 3.8) is 0 Å². The van der Waals surface area contributed by atoms with E-state index < -0.39 is 10.0 Å². The van der Waals surface area contributed by atoms with E-state index in [1.807, 2.05) is 20.8 Å². The minimum Gasteiger partial charge on any atom is -0.326 e. The summed E-state index contributed by atoms with van der Waals surface area (Å²) in [5.41, 5.74) is 5.91. The highest BCUT2D eigenvalue weighted by Crippen LogP contribution is 2.20. The third-order valence-electron chi connectivity index (χ3n) is 2.11. The molecular weight excluding hydrogens is 240 g/mol. The molecular formula is C10H20N4O2S. The number of hydrogen-bond donors (Lipinski definition) is 2. The quantitative estimate of drug-likeness (QED) is 0.832. The fourth-order valence-corrected chi connectivity index (χ4v) is 3.29. The first kappa shape index (κ1) is 14.0. The first-order valence-electron chi connectivity index (χ1n) is 5.36. The number of aromatic nitrogens is 2.